The van der Waals surface area contributed by atoms with Crippen LogP contribution in [0.15, 0.2) is 4.99 Å². The van der Waals surface area contributed by atoms with Crippen molar-refractivity contribution in [1.82, 2.24) is 20.0 Å². The van der Waals surface area contributed by atoms with Gasteiger partial charge in [0.05, 0.1) is 0 Å². The van der Waals surface area contributed by atoms with E-state index < -0.39 is 0 Å². The summed E-state index contributed by atoms with van der Waals surface area (Å²) < 4.78 is 0. The number of nitrogens with one attached hydrogen (secondary N) is 1. The van der Waals surface area contributed by atoms with E-state index in [1.54, 1.807) is 0 Å². The van der Waals surface area contributed by atoms with Crippen LogP contribution in [0.4, 0.5) is 0 Å². The number of unbranched alkanes of at least 4 members (excludes halogenated alkanes) is 1. The van der Waals surface area contributed by atoms with Gasteiger partial charge in [0, 0.05) is 52.9 Å². The van der Waals surface area contributed by atoms with E-state index in [0.717, 1.165) is 37.4 Å². The molecular weight excluding hydrogens is 425 g/mol. The molecule has 1 N–H and O–H groups in total. The van der Waals surface area contributed by atoms with Crippen LogP contribution in [0.2, 0.25) is 0 Å². The summed E-state index contributed by atoms with van der Waals surface area (Å²) in [6.07, 6.45) is 3.85. The molecule has 25 heavy (non-hydrogen) atoms. The molecule has 2 aliphatic rings. The molecule has 0 aliphatic carbocycles. The predicted molar refractivity (Wildman–Crippen MR) is 119 cm³/mol. The quantitative estimate of drug-likeness (QED) is 0.283. The maximum atomic E-state index is 4.50. The zero-order valence-corrected chi connectivity index (χ0v) is 19.2. The first-order valence-corrected chi connectivity index (χ1v) is 10.0. The highest BCUT2D eigenvalue weighted by atomic mass is 127. The molecule has 0 saturated carbocycles. The topological polar surface area (TPSA) is 34.1 Å². The van der Waals surface area contributed by atoms with Crippen LogP contribution >= 0.6 is 24.0 Å². The van der Waals surface area contributed by atoms with Crippen LogP contribution in [0.5, 0.6) is 0 Å². The minimum atomic E-state index is 0. The maximum absolute atomic E-state index is 4.50. The highest BCUT2D eigenvalue weighted by Crippen LogP contribution is 2.20. The Balaban J connectivity index is 0.00000312. The highest BCUT2D eigenvalue weighted by Gasteiger charge is 2.23. The Morgan fingerprint density at radius 2 is 1.60 bits per heavy atom. The number of halogens is 1. The number of piperazine rings is 1. The summed E-state index contributed by atoms with van der Waals surface area (Å²) in [5.74, 6) is 2.65. The Hall–Kier alpha value is -0.0800. The van der Waals surface area contributed by atoms with Gasteiger partial charge >= 0.3 is 0 Å². The molecule has 148 valence electrons. The lowest BCUT2D eigenvalue weighted by Gasteiger charge is -2.37. The van der Waals surface area contributed by atoms with Crippen molar-refractivity contribution >= 4 is 29.9 Å². The fourth-order valence-electron chi connectivity index (χ4n) is 4.16. The SMILES string of the molecule is CCN1CCN(CCCCNC(=NC)N2CC(C)CC(C)C2)CC1.I. The third-order valence-electron chi connectivity index (χ3n) is 5.48. The van der Waals surface area contributed by atoms with E-state index in [4.69, 9.17) is 0 Å². The molecule has 0 bridgehead atoms. The molecule has 0 radical (unpaired) electrons. The van der Waals surface area contributed by atoms with E-state index in [9.17, 15) is 0 Å². The standard InChI is InChI=1S/C19H39N5.HI/c1-5-22-10-12-23(13-11-22)9-7-6-8-21-19(20-4)24-15-17(2)14-18(3)16-24;/h17-18H,5-16H2,1-4H3,(H,20,21);1H. The highest BCUT2D eigenvalue weighted by molar-refractivity contribution is 14.0. The average Bonchev–Trinajstić information content (AvgIpc) is 2.57. The van der Waals surface area contributed by atoms with Gasteiger partial charge in [0.2, 0.25) is 0 Å². The second kappa shape index (κ2) is 12.3. The number of guanidine groups is 1. The number of likely N-dealkylation sites (tertiary alicyclic amines) is 1. The summed E-state index contributed by atoms with van der Waals surface area (Å²) in [7, 11) is 1.92. The molecule has 2 rings (SSSR count). The summed E-state index contributed by atoms with van der Waals surface area (Å²) >= 11 is 0. The van der Waals surface area contributed by atoms with Crippen molar-refractivity contribution in [2.75, 3.05) is 66.0 Å². The molecule has 5 nitrogen and oxygen atoms in total. The van der Waals surface area contributed by atoms with Crippen LogP contribution in [-0.4, -0.2) is 86.6 Å². The van der Waals surface area contributed by atoms with Crippen molar-refractivity contribution in [3.8, 4) is 0 Å². The summed E-state index contributed by atoms with van der Waals surface area (Å²) in [5.41, 5.74) is 0. The zero-order chi connectivity index (χ0) is 17.4. The molecule has 0 aromatic rings. The normalized spacial score (nSPS) is 26.4. The molecule has 2 heterocycles. The molecule has 0 aromatic carbocycles. The largest absolute Gasteiger partial charge is 0.356 e. The van der Waals surface area contributed by atoms with E-state index in [1.807, 2.05) is 7.05 Å². The predicted octanol–water partition coefficient (Wildman–Crippen LogP) is 2.58. The summed E-state index contributed by atoms with van der Waals surface area (Å²) in [6, 6.07) is 0. The maximum Gasteiger partial charge on any atom is 0.193 e. The Morgan fingerprint density at radius 1 is 1.00 bits per heavy atom. The number of nitrogens with zero attached hydrogens (tertiary/aromatic N) is 4. The van der Waals surface area contributed by atoms with Gasteiger partial charge in [-0.05, 0) is 44.2 Å². The van der Waals surface area contributed by atoms with Gasteiger partial charge in [0.1, 0.15) is 0 Å². The molecule has 2 aliphatic heterocycles. The van der Waals surface area contributed by atoms with Crippen LogP contribution in [0.25, 0.3) is 0 Å². The van der Waals surface area contributed by atoms with Gasteiger partial charge in [0.25, 0.3) is 0 Å². The fourth-order valence-corrected chi connectivity index (χ4v) is 4.16. The monoisotopic (exact) mass is 465 g/mol. The summed E-state index contributed by atoms with van der Waals surface area (Å²) in [5, 5.41) is 3.58. The third kappa shape index (κ3) is 7.99. The van der Waals surface area contributed by atoms with Crippen LogP contribution < -0.4 is 5.32 Å². The van der Waals surface area contributed by atoms with Crippen molar-refractivity contribution in [2.24, 2.45) is 16.8 Å². The van der Waals surface area contributed by atoms with Crippen LogP contribution in [-0.2, 0) is 0 Å². The minimum absolute atomic E-state index is 0. The molecule has 2 fully saturated rings. The van der Waals surface area contributed by atoms with Gasteiger partial charge in [-0.3, -0.25) is 4.99 Å². The first-order chi connectivity index (χ1) is 11.6. The Bertz CT molecular complexity index is 372. The molecule has 0 aromatic heterocycles. The van der Waals surface area contributed by atoms with Gasteiger partial charge in [-0.1, -0.05) is 20.8 Å². The Kier molecular flexibility index (Phi) is 11.3. The average molecular weight is 465 g/mol. The van der Waals surface area contributed by atoms with Crippen LogP contribution in [0.1, 0.15) is 40.0 Å². The first kappa shape index (κ1) is 23.0. The second-order valence-electron chi connectivity index (χ2n) is 7.81. The molecule has 6 heteroatoms. The minimum Gasteiger partial charge on any atom is -0.356 e. The number of hydrogen-bond donors (Lipinski definition) is 1. The lowest BCUT2D eigenvalue weighted by Crippen LogP contribution is -2.48. The smallest absolute Gasteiger partial charge is 0.193 e. The number of likely N-dealkylation sites (N-methyl/N-ethyl adjacent to an activating group) is 1. The van der Waals surface area contributed by atoms with E-state index in [2.05, 4.69) is 45.8 Å². The number of hydrogen-bond acceptors (Lipinski definition) is 3. The van der Waals surface area contributed by atoms with Crippen molar-refractivity contribution in [1.29, 1.82) is 0 Å². The molecule has 2 atom stereocenters. The van der Waals surface area contributed by atoms with Crippen LogP contribution in [0, 0.1) is 11.8 Å². The van der Waals surface area contributed by atoms with Crippen LogP contribution in [0.3, 0.4) is 0 Å². The van der Waals surface area contributed by atoms with E-state index in [1.165, 1.54) is 58.5 Å². The Labute approximate surface area is 172 Å². The third-order valence-corrected chi connectivity index (χ3v) is 5.48. The number of aliphatic imine (C=N–C) groups is 1. The lowest BCUT2D eigenvalue weighted by molar-refractivity contribution is 0.136. The summed E-state index contributed by atoms with van der Waals surface area (Å²) in [4.78, 5) is 12.1. The first-order valence-electron chi connectivity index (χ1n) is 10.0. The van der Waals surface area contributed by atoms with E-state index in [0.29, 0.717) is 0 Å². The molecule has 2 unspecified atom stereocenters. The van der Waals surface area contributed by atoms with Gasteiger partial charge in [-0.25, -0.2) is 0 Å². The van der Waals surface area contributed by atoms with Crippen molar-refractivity contribution in [3.63, 3.8) is 0 Å². The van der Waals surface area contributed by atoms with Crippen molar-refractivity contribution in [2.45, 2.75) is 40.0 Å². The fraction of sp³-hybridized carbons (Fsp3) is 0.947. The number of piperidine rings is 1. The van der Waals surface area contributed by atoms with E-state index in [-0.39, 0.29) is 24.0 Å². The number of rotatable bonds is 6. The second-order valence-corrected chi connectivity index (χ2v) is 7.81. The van der Waals surface area contributed by atoms with Gasteiger partial charge in [-0.15, -0.1) is 24.0 Å². The lowest BCUT2D eigenvalue weighted by atomic mass is 9.92. The molecule has 2 saturated heterocycles. The zero-order valence-electron chi connectivity index (χ0n) is 16.8. The molecular formula is C19H40IN5. The molecule has 0 amide bonds. The van der Waals surface area contributed by atoms with E-state index >= 15 is 0 Å². The van der Waals surface area contributed by atoms with Crippen molar-refractivity contribution < 1.29 is 0 Å². The summed E-state index contributed by atoms with van der Waals surface area (Å²) in [6.45, 7) is 17.7. The van der Waals surface area contributed by atoms with Gasteiger partial charge < -0.3 is 20.0 Å². The molecule has 0 spiro atoms. The van der Waals surface area contributed by atoms with Gasteiger partial charge in [0.15, 0.2) is 5.96 Å². The van der Waals surface area contributed by atoms with Gasteiger partial charge in [-0.2, -0.15) is 0 Å². The van der Waals surface area contributed by atoms with Crippen molar-refractivity contribution in [3.05, 3.63) is 0 Å². The Morgan fingerprint density at radius 3 is 2.16 bits per heavy atom.